The van der Waals surface area contributed by atoms with E-state index in [2.05, 4.69) is 21.2 Å². The number of nitrogens with two attached hydrogens (primary N) is 1. The van der Waals surface area contributed by atoms with Crippen LogP contribution in [0.15, 0.2) is 28.7 Å². The van der Waals surface area contributed by atoms with Crippen LogP contribution < -0.4 is 11.1 Å². The largest absolute Gasteiger partial charge is 0.352 e. The Kier molecular flexibility index (Phi) is 6.51. The van der Waals surface area contributed by atoms with Crippen molar-refractivity contribution in [3.8, 4) is 0 Å². The van der Waals surface area contributed by atoms with Gasteiger partial charge >= 0.3 is 6.03 Å². The van der Waals surface area contributed by atoms with Crippen LogP contribution in [-0.2, 0) is 11.2 Å². The van der Waals surface area contributed by atoms with Crippen molar-refractivity contribution < 1.29 is 9.59 Å². The third-order valence-electron chi connectivity index (χ3n) is 3.24. The van der Waals surface area contributed by atoms with Crippen LogP contribution in [0.3, 0.4) is 0 Å². The molecule has 1 rings (SSSR count). The molecule has 0 saturated carbocycles. The van der Waals surface area contributed by atoms with E-state index in [9.17, 15) is 9.59 Å². The Morgan fingerprint density at radius 2 is 2.05 bits per heavy atom. The summed E-state index contributed by atoms with van der Waals surface area (Å²) in [6.07, 6.45) is 1.59. The molecular formula is C14H20BrN3O2. The van der Waals surface area contributed by atoms with Crippen molar-refractivity contribution in [2.24, 2.45) is 5.73 Å². The lowest BCUT2D eigenvalue weighted by molar-refractivity contribution is -0.130. The number of benzene rings is 1. The molecule has 0 aliphatic rings. The van der Waals surface area contributed by atoms with Gasteiger partial charge in [-0.1, -0.05) is 41.1 Å². The lowest BCUT2D eigenvalue weighted by Gasteiger charge is -2.28. The number of primary amides is 1. The van der Waals surface area contributed by atoms with E-state index in [4.69, 9.17) is 5.73 Å². The summed E-state index contributed by atoms with van der Waals surface area (Å²) in [5.74, 6) is -0.150. The zero-order valence-corrected chi connectivity index (χ0v) is 13.3. The summed E-state index contributed by atoms with van der Waals surface area (Å²) in [7, 11) is 1.75. The van der Waals surface area contributed by atoms with Crippen LogP contribution in [0.2, 0.25) is 0 Å². The Hall–Kier alpha value is -1.56. The Bertz CT molecular complexity index is 479. The topological polar surface area (TPSA) is 75.4 Å². The molecule has 0 saturated heterocycles. The summed E-state index contributed by atoms with van der Waals surface area (Å²) < 4.78 is 1.04. The lowest BCUT2D eigenvalue weighted by atomic mass is 10.0. The van der Waals surface area contributed by atoms with Gasteiger partial charge in [0, 0.05) is 17.6 Å². The molecule has 0 unspecified atom stereocenters. The highest BCUT2D eigenvalue weighted by Gasteiger charge is 2.19. The molecule has 0 aliphatic heterocycles. The van der Waals surface area contributed by atoms with Gasteiger partial charge in [-0.25, -0.2) is 4.79 Å². The van der Waals surface area contributed by atoms with Crippen molar-refractivity contribution in [3.63, 3.8) is 0 Å². The Morgan fingerprint density at radius 3 is 2.60 bits per heavy atom. The maximum absolute atomic E-state index is 12.0. The Balaban J connectivity index is 2.68. The molecule has 110 valence electrons. The average Bonchev–Trinajstić information content (AvgIpc) is 2.43. The van der Waals surface area contributed by atoms with E-state index in [1.54, 1.807) is 11.9 Å². The monoisotopic (exact) mass is 341 g/mol. The molecule has 0 heterocycles. The van der Waals surface area contributed by atoms with Crippen LogP contribution in [0.1, 0.15) is 18.9 Å². The number of rotatable bonds is 6. The molecule has 0 fully saturated rings. The molecule has 0 spiro atoms. The summed E-state index contributed by atoms with van der Waals surface area (Å²) in [6, 6.07) is 7.34. The van der Waals surface area contributed by atoms with Gasteiger partial charge in [-0.3, -0.25) is 4.79 Å². The van der Waals surface area contributed by atoms with Crippen molar-refractivity contribution in [2.75, 3.05) is 13.6 Å². The smallest absolute Gasteiger partial charge is 0.312 e. The second kappa shape index (κ2) is 7.89. The van der Waals surface area contributed by atoms with Crippen molar-refractivity contribution in [1.82, 2.24) is 10.2 Å². The van der Waals surface area contributed by atoms with Crippen LogP contribution >= 0.6 is 15.9 Å². The van der Waals surface area contributed by atoms with Gasteiger partial charge in [-0.2, -0.15) is 0 Å². The third-order valence-corrected chi connectivity index (χ3v) is 4.01. The van der Waals surface area contributed by atoms with Gasteiger partial charge in [-0.05, 0) is 24.5 Å². The first-order valence-corrected chi connectivity index (χ1v) is 7.27. The molecule has 5 nitrogen and oxygen atoms in total. The van der Waals surface area contributed by atoms with Crippen LogP contribution in [-0.4, -0.2) is 36.5 Å². The highest BCUT2D eigenvalue weighted by atomic mass is 79.9. The molecule has 20 heavy (non-hydrogen) atoms. The highest BCUT2D eigenvalue weighted by Crippen LogP contribution is 2.20. The fraction of sp³-hybridized carbons (Fsp3) is 0.429. The molecule has 3 N–H and O–H groups in total. The zero-order valence-electron chi connectivity index (χ0n) is 11.7. The van der Waals surface area contributed by atoms with Crippen molar-refractivity contribution in [1.29, 1.82) is 0 Å². The Labute approximate surface area is 127 Å². The van der Waals surface area contributed by atoms with Crippen molar-refractivity contribution in [3.05, 3.63) is 34.3 Å². The van der Waals surface area contributed by atoms with Crippen molar-refractivity contribution >= 4 is 27.9 Å². The van der Waals surface area contributed by atoms with E-state index in [0.717, 1.165) is 22.9 Å². The number of urea groups is 1. The number of nitrogens with one attached hydrogen (secondary N) is 1. The van der Waals surface area contributed by atoms with E-state index in [-0.39, 0.29) is 18.5 Å². The van der Waals surface area contributed by atoms with Crippen LogP contribution in [0.5, 0.6) is 0 Å². The number of hydrogen-bond acceptors (Lipinski definition) is 2. The van der Waals surface area contributed by atoms with E-state index < -0.39 is 6.03 Å². The first-order valence-electron chi connectivity index (χ1n) is 6.48. The third kappa shape index (κ3) is 4.85. The Morgan fingerprint density at radius 1 is 1.40 bits per heavy atom. The number of carbonyl (C=O) groups excluding carboxylic acids is 2. The maximum Gasteiger partial charge on any atom is 0.312 e. The van der Waals surface area contributed by atoms with Crippen LogP contribution in [0.4, 0.5) is 4.79 Å². The quantitative estimate of drug-likeness (QED) is 0.828. The molecular weight excluding hydrogens is 322 g/mol. The minimum atomic E-state index is -0.689. The molecule has 0 aromatic heterocycles. The van der Waals surface area contributed by atoms with Gasteiger partial charge in [-0.15, -0.1) is 0 Å². The van der Waals surface area contributed by atoms with E-state index in [1.165, 1.54) is 0 Å². The number of carbonyl (C=O) groups is 2. The zero-order chi connectivity index (χ0) is 15.1. The molecule has 1 aromatic carbocycles. The van der Waals surface area contributed by atoms with Gasteiger partial charge in [0.25, 0.3) is 0 Å². The normalized spacial score (nSPS) is 11.8. The summed E-state index contributed by atoms with van der Waals surface area (Å²) in [4.78, 5) is 24.3. The minimum Gasteiger partial charge on any atom is -0.352 e. The minimum absolute atomic E-state index is 0.0711. The molecule has 0 bridgehead atoms. The SMILES string of the molecule is CC[C@H](Cc1ccccc1Br)N(C)C(=O)CNC(N)=O. The van der Waals surface area contributed by atoms with E-state index >= 15 is 0 Å². The summed E-state index contributed by atoms with van der Waals surface area (Å²) in [5.41, 5.74) is 6.12. The maximum atomic E-state index is 12.0. The predicted molar refractivity (Wildman–Crippen MR) is 82.3 cm³/mol. The van der Waals surface area contributed by atoms with Gasteiger partial charge < -0.3 is 16.0 Å². The molecule has 0 aliphatic carbocycles. The fourth-order valence-corrected chi connectivity index (χ4v) is 2.41. The van der Waals surface area contributed by atoms with E-state index in [1.807, 2.05) is 31.2 Å². The molecule has 6 heteroatoms. The number of amides is 3. The number of hydrogen-bond donors (Lipinski definition) is 2. The first kappa shape index (κ1) is 16.5. The number of likely N-dealkylation sites (N-methyl/N-ethyl adjacent to an activating group) is 1. The van der Waals surface area contributed by atoms with Gasteiger partial charge in [0.05, 0.1) is 6.54 Å². The second-order valence-electron chi connectivity index (χ2n) is 4.58. The molecule has 3 amide bonds. The predicted octanol–water partition coefficient (Wildman–Crippen LogP) is 1.90. The van der Waals surface area contributed by atoms with Crippen molar-refractivity contribution in [2.45, 2.75) is 25.8 Å². The van der Waals surface area contributed by atoms with Gasteiger partial charge in [0.2, 0.25) is 5.91 Å². The van der Waals surface area contributed by atoms with Gasteiger partial charge in [0.1, 0.15) is 0 Å². The summed E-state index contributed by atoms with van der Waals surface area (Å²) in [5, 5.41) is 2.32. The van der Waals surface area contributed by atoms with Gasteiger partial charge in [0.15, 0.2) is 0 Å². The number of halogens is 1. The second-order valence-corrected chi connectivity index (χ2v) is 5.43. The fourth-order valence-electron chi connectivity index (χ4n) is 1.96. The summed E-state index contributed by atoms with van der Waals surface area (Å²) in [6.45, 7) is 1.96. The average molecular weight is 342 g/mol. The molecule has 0 radical (unpaired) electrons. The molecule has 1 aromatic rings. The number of nitrogens with zero attached hydrogens (tertiary/aromatic N) is 1. The van der Waals surface area contributed by atoms with Crippen LogP contribution in [0, 0.1) is 0 Å². The standard InChI is InChI=1S/C14H20BrN3O2/c1-3-11(8-10-6-4-5-7-12(10)15)18(2)13(19)9-17-14(16)20/h4-7,11H,3,8-9H2,1-2H3,(H3,16,17,20)/t11-/m1/s1. The van der Waals surface area contributed by atoms with E-state index in [0.29, 0.717) is 0 Å². The first-order chi connectivity index (χ1) is 9.45. The lowest BCUT2D eigenvalue weighted by Crippen LogP contribution is -2.45. The summed E-state index contributed by atoms with van der Waals surface area (Å²) >= 11 is 3.51. The highest BCUT2D eigenvalue weighted by molar-refractivity contribution is 9.10. The molecule has 1 atom stereocenters. The van der Waals surface area contributed by atoms with Crippen LogP contribution in [0.25, 0.3) is 0 Å².